The lowest BCUT2D eigenvalue weighted by molar-refractivity contribution is -0.120. The zero-order valence-corrected chi connectivity index (χ0v) is 12.0. The van der Waals surface area contributed by atoms with Gasteiger partial charge in [0.1, 0.15) is 0 Å². The molecule has 0 aliphatic rings. The van der Waals surface area contributed by atoms with Crippen LogP contribution < -0.4 is 16.0 Å². The monoisotopic (exact) mass is 293 g/mol. The van der Waals surface area contributed by atoms with E-state index in [1.165, 1.54) is 12.1 Å². The number of urea groups is 1. The Morgan fingerprint density at radius 2 is 1.71 bits per heavy atom. The molecule has 0 fully saturated rings. The summed E-state index contributed by atoms with van der Waals surface area (Å²) >= 11 is 0. The molecule has 3 amide bonds. The number of rotatable bonds is 6. The number of hydrogen-bond acceptors (Lipinski definition) is 3. The quantitative estimate of drug-likeness (QED) is 0.619. The number of carboxylic acids is 1. The SMILES string of the molecule is CC(C)NC(=O)CNC(=O)NCc1ccc(C(=O)O)cc1. The molecule has 1 rings (SSSR count). The van der Waals surface area contributed by atoms with Crippen molar-refractivity contribution in [1.29, 1.82) is 0 Å². The summed E-state index contributed by atoms with van der Waals surface area (Å²) in [6.45, 7) is 3.82. The number of aromatic carboxylic acids is 1. The maximum Gasteiger partial charge on any atom is 0.335 e. The van der Waals surface area contributed by atoms with Crippen molar-refractivity contribution < 1.29 is 19.5 Å². The van der Waals surface area contributed by atoms with Gasteiger partial charge in [-0.05, 0) is 31.5 Å². The molecule has 0 aliphatic carbocycles. The Balaban J connectivity index is 2.32. The topological polar surface area (TPSA) is 108 Å². The molecular weight excluding hydrogens is 274 g/mol. The van der Waals surface area contributed by atoms with Crippen LogP contribution in [-0.4, -0.2) is 35.6 Å². The lowest BCUT2D eigenvalue weighted by Crippen LogP contribution is -2.43. The molecule has 0 saturated carbocycles. The van der Waals surface area contributed by atoms with Gasteiger partial charge in [-0.25, -0.2) is 9.59 Å². The summed E-state index contributed by atoms with van der Waals surface area (Å²) in [6.07, 6.45) is 0. The highest BCUT2D eigenvalue weighted by Gasteiger charge is 2.06. The highest BCUT2D eigenvalue weighted by molar-refractivity contribution is 5.87. The van der Waals surface area contributed by atoms with Crippen LogP contribution >= 0.6 is 0 Å². The molecular formula is C14H19N3O4. The van der Waals surface area contributed by atoms with Crippen molar-refractivity contribution in [2.75, 3.05) is 6.54 Å². The predicted molar refractivity (Wildman–Crippen MR) is 76.9 cm³/mol. The Hall–Kier alpha value is -2.57. The van der Waals surface area contributed by atoms with E-state index < -0.39 is 12.0 Å². The minimum Gasteiger partial charge on any atom is -0.478 e. The first-order valence-corrected chi connectivity index (χ1v) is 6.51. The number of benzene rings is 1. The molecule has 0 atom stereocenters. The number of carbonyl (C=O) groups excluding carboxylic acids is 2. The normalized spacial score (nSPS) is 10.0. The van der Waals surface area contributed by atoms with E-state index in [1.807, 2.05) is 13.8 Å². The van der Waals surface area contributed by atoms with E-state index in [9.17, 15) is 14.4 Å². The third-order valence-electron chi connectivity index (χ3n) is 2.51. The van der Waals surface area contributed by atoms with Crippen molar-refractivity contribution in [3.63, 3.8) is 0 Å². The van der Waals surface area contributed by atoms with Gasteiger partial charge in [0.15, 0.2) is 0 Å². The van der Waals surface area contributed by atoms with Crippen LogP contribution in [0.4, 0.5) is 4.79 Å². The van der Waals surface area contributed by atoms with E-state index in [1.54, 1.807) is 12.1 Å². The first-order valence-electron chi connectivity index (χ1n) is 6.51. The average molecular weight is 293 g/mol. The Morgan fingerprint density at radius 3 is 2.24 bits per heavy atom. The van der Waals surface area contributed by atoms with Gasteiger partial charge in [0.2, 0.25) is 5.91 Å². The Bertz CT molecular complexity index is 511. The third kappa shape index (κ3) is 6.42. The summed E-state index contributed by atoms with van der Waals surface area (Å²) in [5.74, 6) is -1.26. The molecule has 0 radical (unpaired) electrons. The molecule has 0 aliphatic heterocycles. The van der Waals surface area contributed by atoms with Crippen molar-refractivity contribution in [1.82, 2.24) is 16.0 Å². The van der Waals surface area contributed by atoms with Gasteiger partial charge in [0.25, 0.3) is 0 Å². The van der Waals surface area contributed by atoms with Gasteiger partial charge in [-0.2, -0.15) is 0 Å². The van der Waals surface area contributed by atoms with Gasteiger partial charge < -0.3 is 21.1 Å². The summed E-state index contributed by atoms with van der Waals surface area (Å²) < 4.78 is 0. The zero-order valence-electron chi connectivity index (χ0n) is 12.0. The number of hydrogen-bond donors (Lipinski definition) is 4. The maximum absolute atomic E-state index is 11.5. The molecule has 0 heterocycles. The Labute approximate surface area is 122 Å². The van der Waals surface area contributed by atoms with Crippen LogP contribution in [0.15, 0.2) is 24.3 Å². The molecule has 1 aromatic rings. The lowest BCUT2D eigenvalue weighted by Gasteiger charge is -2.10. The summed E-state index contributed by atoms with van der Waals surface area (Å²) in [4.78, 5) is 33.5. The molecule has 114 valence electrons. The first-order chi connectivity index (χ1) is 9.88. The van der Waals surface area contributed by atoms with Gasteiger partial charge in [0, 0.05) is 12.6 Å². The molecule has 0 aromatic heterocycles. The summed E-state index contributed by atoms with van der Waals surface area (Å²) in [7, 11) is 0. The van der Waals surface area contributed by atoms with Gasteiger partial charge in [-0.3, -0.25) is 4.79 Å². The van der Waals surface area contributed by atoms with Crippen LogP contribution in [-0.2, 0) is 11.3 Å². The van der Waals surface area contributed by atoms with Gasteiger partial charge in [-0.1, -0.05) is 12.1 Å². The van der Waals surface area contributed by atoms with E-state index in [4.69, 9.17) is 5.11 Å². The minimum absolute atomic E-state index is 0.0233. The van der Waals surface area contributed by atoms with Crippen molar-refractivity contribution in [2.24, 2.45) is 0 Å². The second-order valence-corrected chi connectivity index (χ2v) is 4.76. The standard InChI is InChI=1S/C14H19N3O4/c1-9(2)17-12(18)8-16-14(21)15-7-10-3-5-11(6-4-10)13(19)20/h3-6,9H,7-8H2,1-2H3,(H,17,18)(H,19,20)(H2,15,16,21). The van der Waals surface area contributed by atoms with E-state index in [-0.39, 0.29) is 30.6 Å². The second-order valence-electron chi connectivity index (χ2n) is 4.76. The highest BCUT2D eigenvalue weighted by atomic mass is 16.4. The van der Waals surface area contributed by atoms with Crippen LogP contribution in [0, 0.1) is 0 Å². The molecule has 4 N–H and O–H groups in total. The third-order valence-corrected chi connectivity index (χ3v) is 2.51. The molecule has 0 spiro atoms. The van der Waals surface area contributed by atoms with Crippen LogP contribution in [0.2, 0.25) is 0 Å². The zero-order chi connectivity index (χ0) is 15.8. The molecule has 21 heavy (non-hydrogen) atoms. The highest BCUT2D eigenvalue weighted by Crippen LogP contribution is 2.03. The van der Waals surface area contributed by atoms with Gasteiger partial charge in [0.05, 0.1) is 12.1 Å². The predicted octanol–water partition coefficient (Wildman–Crippen LogP) is 0.709. The van der Waals surface area contributed by atoms with Crippen LogP contribution in [0.1, 0.15) is 29.8 Å². The van der Waals surface area contributed by atoms with E-state index >= 15 is 0 Å². The molecule has 7 heteroatoms. The fraction of sp³-hybridized carbons (Fsp3) is 0.357. The Morgan fingerprint density at radius 1 is 1.10 bits per heavy atom. The van der Waals surface area contributed by atoms with Gasteiger partial charge in [-0.15, -0.1) is 0 Å². The van der Waals surface area contributed by atoms with E-state index in [2.05, 4.69) is 16.0 Å². The summed E-state index contributed by atoms with van der Waals surface area (Å²) in [6, 6.07) is 5.73. The number of carboxylic acid groups (broad SMARTS) is 1. The molecule has 0 saturated heterocycles. The molecule has 0 bridgehead atoms. The second kappa shape index (κ2) is 7.88. The van der Waals surface area contributed by atoms with Crippen molar-refractivity contribution in [3.8, 4) is 0 Å². The number of amides is 3. The lowest BCUT2D eigenvalue weighted by atomic mass is 10.1. The van der Waals surface area contributed by atoms with E-state index in [0.29, 0.717) is 0 Å². The number of nitrogens with one attached hydrogen (secondary N) is 3. The van der Waals surface area contributed by atoms with Crippen molar-refractivity contribution in [3.05, 3.63) is 35.4 Å². The largest absolute Gasteiger partial charge is 0.478 e. The first kappa shape index (κ1) is 16.5. The van der Waals surface area contributed by atoms with Crippen LogP contribution in [0.25, 0.3) is 0 Å². The maximum atomic E-state index is 11.5. The van der Waals surface area contributed by atoms with Crippen molar-refractivity contribution in [2.45, 2.75) is 26.4 Å². The number of carbonyl (C=O) groups is 3. The molecule has 7 nitrogen and oxygen atoms in total. The molecule has 1 aromatic carbocycles. The van der Waals surface area contributed by atoms with Crippen LogP contribution in [0.3, 0.4) is 0 Å². The Kier molecular flexibility index (Phi) is 6.19. The summed E-state index contributed by atoms with van der Waals surface area (Å²) in [5.41, 5.74) is 0.954. The van der Waals surface area contributed by atoms with Gasteiger partial charge >= 0.3 is 12.0 Å². The smallest absolute Gasteiger partial charge is 0.335 e. The minimum atomic E-state index is -0.997. The summed E-state index contributed by atoms with van der Waals surface area (Å²) in [5, 5.41) is 16.4. The molecule has 0 unspecified atom stereocenters. The van der Waals surface area contributed by atoms with E-state index in [0.717, 1.165) is 5.56 Å². The average Bonchev–Trinajstić information content (AvgIpc) is 2.42. The van der Waals surface area contributed by atoms with Crippen LogP contribution in [0.5, 0.6) is 0 Å². The fourth-order valence-electron chi connectivity index (χ4n) is 1.54. The fourth-order valence-corrected chi connectivity index (χ4v) is 1.54. The van der Waals surface area contributed by atoms with Crippen molar-refractivity contribution >= 4 is 17.9 Å².